The van der Waals surface area contributed by atoms with Crippen LogP contribution in [0.25, 0.3) is 10.9 Å². The van der Waals surface area contributed by atoms with Crippen LogP contribution in [0.15, 0.2) is 42.7 Å². The van der Waals surface area contributed by atoms with Crippen molar-refractivity contribution in [1.29, 1.82) is 0 Å². The van der Waals surface area contributed by atoms with Crippen LogP contribution in [0.4, 0.5) is 4.39 Å². The monoisotopic (exact) mass is 548 g/mol. The lowest BCUT2D eigenvalue weighted by molar-refractivity contribution is -0.339. The molecule has 0 bridgehead atoms. The van der Waals surface area contributed by atoms with Crippen molar-refractivity contribution in [2.75, 3.05) is 20.3 Å². The van der Waals surface area contributed by atoms with Crippen LogP contribution < -0.4 is 5.32 Å². The van der Waals surface area contributed by atoms with E-state index in [1.54, 1.807) is 12.1 Å². The zero-order valence-corrected chi connectivity index (χ0v) is 21.3. The number of nitrogens with one attached hydrogen (secondary N) is 2. The number of H-pyrrole nitrogens is 1. The van der Waals surface area contributed by atoms with E-state index >= 15 is 0 Å². The largest absolute Gasteiger partial charge is 0.471 e. The number of aliphatic hydroxyl groups excluding tert-OH is 4. The number of ether oxygens (including phenoxy) is 4. The maximum absolute atomic E-state index is 14.0. The number of halogens is 1. The molecular weight excluding hydrogens is 515 g/mol. The van der Waals surface area contributed by atoms with Gasteiger partial charge in [0.15, 0.2) is 6.29 Å². The fourth-order valence-corrected chi connectivity index (χ4v) is 5.76. The van der Waals surface area contributed by atoms with Gasteiger partial charge in [0.1, 0.15) is 30.2 Å². The second-order valence-corrected chi connectivity index (χ2v) is 10.0. The van der Waals surface area contributed by atoms with E-state index in [1.165, 1.54) is 25.5 Å². The van der Waals surface area contributed by atoms with E-state index in [0.717, 1.165) is 22.2 Å². The molecule has 6 N–H and O–H groups in total. The second kappa shape index (κ2) is 11.3. The van der Waals surface area contributed by atoms with Crippen LogP contribution in [0, 0.1) is 17.7 Å². The summed E-state index contributed by atoms with van der Waals surface area (Å²) in [7, 11) is 1.27. The number of aromatic amines is 1. The maximum atomic E-state index is 14.0. The normalized spacial score (nSPS) is 34.6. The van der Waals surface area contributed by atoms with Crippen molar-refractivity contribution in [2.24, 2.45) is 11.8 Å². The van der Waals surface area contributed by atoms with Crippen molar-refractivity contribution in [3.05, 3.63) is 59.8 Å². The van der Waals surface area contributed by atoms with Gasteiger partial charge in [0, 0.05) is 34.5 Å². The SMILES string of the molecule is C=C[C@H]1[C@H](OC2OC(CO)C(O)C(O)C2O)OC=C(C(=O)OC)[C@H]1C[C@@H]1NCCc2c1[nH]c1ccc(F)cc21. The molecule has 4 heterocycles. The summed E-state index contributed by atoms with van der Waals surface area (Å²) in [5, 5.41) is 44.5. The molecule has 3 aliphatic rings. The number of hydrogen-bond donors (Lipinski definition) is 6. The zero-order chi connectivity index (χ0) is 27.8. The van der Waals surface area contributed by atoms with Crippen molar-refractivity contribution in [2.45, 2.75) is 55.9 Å². The number of carbonyl (C=O) groups is 1. The Hall–Kier alpha value is -2.84. The lowest BCUT2D eigenvalue weighted by Gasteiger charge is -2.43. The summed E-state index contributed by atoms with van der Waals surface area (Å²) < 4.78 is 36.1. The Bertz CT molecular complexity index is 1250. The summed E-state index contributed by atoms with van der Waals surface area (Å²) in [6, 6.07) is 4.37. The van der Waals surface area contributed by atoms with Crippen LogP contribution in [0.3, 0.4) is 0 Å². The van der Waals surface area contributed by atoms with Crippen LogP contribution in [0.5, 0.6) is 0 Å². The molecule has 1 aromatic heterocycles. The van der Waals surface area contributed by atoms with Crippen molar-refractivity contribution >= 4 is 16.9 Å². The molecule has 3 aliphatic heterocycles. The average molecular weight is 549 g/mol. The van der Waals surface area contributed by atoms with Crippen LogP contribution in [0.1, 0.15) is 23.7 Å². The summed E-state index contributed by atoms with van der Waals surface area (Å²) in [6.45, 7) is 3.95. The summed E-state index contributed by atoms with van der Waals surface area (Å²) in [4.78, 5) is 16.1. The van der Waals surface area contributed by atoms with E-state index < -0.39 is 61.4 Å². The minimum Gasteiger partial charge on any atom is -0.471 e. The molecule has 1 aromatic carbocycles. The Morgan fingerprint density at radius 1 is 1.23 bits per heavy atom. The van der Waals surface area contributed by atoms with Crippen LogP contribution in [-0.2, 0) is 30.2 Å². The summed E-state index contributed by atoms with van der Waals surface area (Å²) in [5.74, 6) is -2.07. The fraction of sp³-hybridized carbons (Fsp3) is 0.519. The quantitative estimate of drug-likeness (QED) is 0.213. The molecule has 12 heteroatoms. The van der Waals surface area contributed by atoms with E-state index in [-0.39, 0.29) is 17.4 Å². The number of rotatable bonds is 7. The van der Waals surface area contributed by atoms with Gasteiger partial charge in [0.2, 0.25) is 6.29 Å². The zero-order valence-electron chi connectivity index (χ0n) is 21.3. The summed E-state index contributed by atoms with van der Waals surface area (Å²) in [6.07, 6.45) is -4.58. The van der Waals surface area contributed by atoms with E-state index in [9.17, 15) is 29.6 Å². The third-order valence-electron chi connectivity index (χ3n) is 7.82. The molecule has 0 saturated carbocycles. The van der Waals surface area contributed by atoms with Crippen LogP contribution in [0.2, 0.25) is 0 Å². The Kier molecular flexibility index (Phi) is 8.06. The van der Waals surface area contributed by atoms with Gasteiger partial charge in [0.25, 0.3) is 0 Å². The lowest BCUT2D eigenvalue weighted by atomic mass is 9.78. The number of benzene rings is 1. The highest BCUT2D eigenvalue weighted by atomic mass is 19.1. The van der Waals surface area contributed by atoms with Gasteiger partial charge in [-0.1, -0.05) is 6.08 Å². The van der Waals surface area contributed by atoms with Gasteiger partial charge in [-0.05, 0) is 43.1 Å². The van der Waals surface area contributed by atoms with Gasteiger partial charge in [-0.15, -0.1) is 6.58 Å². The molecule has 1 fully saturated rings. The molecule has 9 atom stereocenters. The molecule has 0 amide bonds. The highest BCUT2D eigenvalue weighted by Crippen LogP contribution is 2.42. The Morgan fingerprint density at radius 2 is 2.03 bits per heavy atom. The highest BCUT2D eigenvalue weighted by Gasteiger charge is 2.48. The third kappa shape index (κ3) is 5.09. The van der Waals surface area contributed by atoms with Crippen LogP contribution in [-0.4, -0.2) is 88.6 Å². The molecule has 2 aromatic rings. The minimum absolute atomic E-state index is 0.240. The Morgan fingerprint density at radius 3 is 2.74 bits per heavy atom. The third-order valence-corrected chi connectivity index (χ3v) is 7.82. The molecule has 11 nitrogen and oxygen atoms in total. The Balaban J connectivity index is 1.43. The van der Waals surface area contributed by atoms with E-state index in [2.05, 4.69) is 16.9 Å². The standard InChI is InChI=1S/C27H33FN2O9/c1-3-13-15(9-19-21-14(6-7-29-19)16-8-12(28)4-5-18(16)30-21)17(25(35)36-2)11-37-26(13)39-27-24(34)23(33)22(32)20(10-31)38-27/h3-5,8,11,13,15,19-20,22-24,26-27,29-34H,1,6-7,9-10H2,2H3/t13-,15+,19+,20?,22?,23?,24?,26+,27?/m1/s1. The smallest absolute Gasteiger partial charge is 0.337 e. The van der Waals surface area contributed by atoms with Crippen LogP contribution >= 0.6 is 0 Å². The first-order valence-corrected chi connectivity index (χ1v) is 12.8. The molecule has 0 aliphatic carbocycles. The van der Waals surface area contributed by atoms with E-state index in [4.69, 9.17) is 18.9 Å². The highest BCUT2D eigenvalue weighted by molar-refractivity contribution is 5.89. The fourth-order valence-electron chi connectivity index (χ4n) is 5.76. The number of fused-ring (bicyclic) bond motifs is 3. The number of aliphatic hydroxyl groups is 4. The maximum Gasteiger partial charge on any atom is 0.337 e. The molecule has 1 saturated heterocycles. The molecule has 5 rings (SSSR count). The first kappa shape index (κ1) is 27.7. The first-order valence-electron chi connectivity index (χ1n) is 12.8. The molecular formula is C27H33FN2O9. The molecule has 0 spiro atoms. The molecule has 212 valence electrons. The minimum atomic E-state index is -1.63. The van der Waals surface area contributed by atoms with Crippen molar-refractivity contribution in [1.82, 2.24) is 10.3 Å². The number of methoxy groups -OCH3 is 1. The molecule has 0 radical (unpaired) electrons. The van der Waals surface area contributed by atoms with Gasteiger partial charge < -0.3 is 49.7 Å². The van der Waals surface area contributed by atoms with Gasteiger partial charge >= 0.3 is 5.97 Å². The molecule has 5 unspecified atom stereocenters. The first-order chi connectivity index (χ1) is 18.8. The predicted octanol–water partition coefficient (Wildman–Crippen LogP) is 0.532. The second-order valence-electron chi connectivity index (χ2n) is 10.0. The summed E-state index contributed by atoms with van der Waals surface area (Å²) in [5.41, 5.74) is 2.97. The Labute approximate surface area is 223 Å². The van der Waals surface area contributed by atoms with Gasteiger partial charge in [-0.3, -0.25) is 0 Å². The average Bonchev–Trinajstić information content (AvgIpc) is 3.31. The number of aromatic nitrogens is 1. The predicted molar refractivity (Wildman–Crippen MR) is 134 cm³/mol. The van der Waals surface area contributed by atoms with Gasteiger partial charge in [0.05, 0.1) is 25.6 Å². The molecule has 39 heavy (non-hydrogen) atoms. The number of esters is 1. The number of hydrogen-bond acceptors (Lipinski definition) is 10. The van der Waals surface area contributed by atoms with E-state index in [0.29, 0.717) is 19.4 Å². The van der Waals surface area contributed by atoms with Crippen molar-refractivity contribution in [3.8, 4) is 0 Å². The van der Waals surface area contributed by atoms with Crippen molar-refractivity contribution in [3.63, 3.8) is 0 Å². The van der Waals surface area contributed by atoms with E-state index in [1.807, 2.05) is 0 Å². The van der Waals surface area contributed by atoms with Gasteiger partial charge in [-0.2, -0.15) is 0 Å². The van der Waals surface area contributed by atoms with Gasteiger partial charge in [-0.25, -0.2) is 9.18 Å². The topological polar surface area (TPSA) is 163 Å². The van der Waals surface area contributed by atoms with Crippen molar-refractivity contribution < 1.29 is 48.6 Å². The summed E-state index contributed by atoms with van der Waals surface area (Å²) >= 11 is 0. The lowest BCUT2D eigenvalue weighted by Crippen LogP contribution is -2.60. The number of carbonyl (C=O) groups excluding carboxylic acids is 1.